The average molecular weight is 338 g/mol. The van der Waals surface area contributed by atoms with Crippen LogP contribution < -0.4 is 9.47 Å². The summed E-state index contributed by atoms with van der Waals surface area (Å²) in [7, 11) is 3.30. The number of aryl methyl sites for hydroxylation is 1. The maximum Gasteiger partial charge on any atom is 0.171 e. The molecule has 6 nitrogen and oxygen atoms in total. The number of imidazole rings is 1. The van der Waals surface area contributed by atoms with E-state index in [-0.39, 0.29) is 0 Å². The van der Waals surface area contributed by atoms with Crippen molar-refractivity contribution >= 4 is 0 Å². The molecule has 1 saturated carbocycles. The third-order valence-electron chi connectivity index (χ3n) is 4.57. The number of benzene rings is 1. The minimum Gasteiger partial charge on any atom is -0.493 e. The highest BCUT2D eigenvalue weighted by molar-refractivity contribution is 5.70. The molecule has 1 aromatic carbocycles. The lowest BCUT2D eigenvalue weighted by molar-refractivity contribution is 0.355. The summed E-state index contributed by atoms with van der Waals surface area (Å²) in [5.41, 5.74) is 4.28. The van der Waals surface area contributed by atoms with Crippen molar-refractivity contribution in [3.05, 3.63) is 47.5 Å². The predicted octanol–water partition coefficient (Wildman–Crippen LogP) is 3.52. The molecular formula is C19H22N4O2. The largest absolute Gasteiger partial charge is 0.493 e. The maximum atomic E-state index is 5.60. The third kappa shape index (κ3) is 2.99. The predicted molar refractivity (Wildman–Crippen MR) is 95.2 cm³/mol. The van der Waals surface area contributed by atoms with E-state index < -0.39 is 0 Å². The topological polar surface area (TPSA) is 65.0 Å². The summed E-state index contributed by atoms with van der Waals surface area (Å²) >= 11 is 0. The standard InChI is InChI=1S/C19H22N4O2/c1-12-8-15(18(25-3)17(9-12)24-2)19-20-6-7-23(19)11-14-10-16(22-21-14)13-4-5-13/h6-10,13H,4-5,11H2,1-3H3,(H,21,22). The first-order chi connectivity index (χ1) is 12.2. The van der Waals surface area contributed by atoms with Crippen LogP contribution in [-0.2, 0) is 6.54 Å². The fourth-order valence-electron chi connectivity index (χ4n) is 3.18. The van der Waals surface area contributed by atoms with Crippen molar-refractivity contribution in [2.75, 3.05) is 14.2 Å². The molecule has 0 spiro atoms. The number of hydrogen-bond donors (Lipinski definition) is 1. The normalized spacial score (nSPS) is 13.9. The van der Waals surface area contributed by atoms with Gasteiger partial charge in [0.2, 0.25) is 0 Å². The highest BCUT2D eigenvalue weighted by Gasteiger charge is 2.26. The number of hydrogen-bond acceptors (Lipinski definition) is 4. The van der Waals surface area contributed by atoms with Gasteiger partial charge in [0, 0.05) is 18.3 Å². The first kappa shape index (κ1) is 15.7. The zero-order chi connectivity index (χ0) is 17.4. The third-order valence-corrected chi connectivity index (χ3v) is 4.57. The molecule has 0 saturated heterocycles. The van der Waals surface area contributed by atoms with Gasteiger partial charge in [-0.25, -0.2) is 4.98 Å². The van der Waals surface area contributed by atoms with E-state index in [9.17, 15) is 0 Å². The van der Waals surface area contributed by atoms with Crippen LogP contribution in [0.25, 0.3) is 11.4 Å². The molecule has 25 heavy (non-hydrogen) atoms. The number of methoxy groups -OCH3 is 2. The highest BCUT2D eigenvalue weighted by atomic mass is 16.5. The molecule has 0 bridgehead atoms. The van der Waals surface area contributed by atoms with Crippen molar-refractivity contribution in [3.8, 4) is 22.9 Å². The quantitative estimate of drug-likeness (QED) is 0.747. The van der Waals surface area contributed by atoms with Crippen LogP contribution in [0.15, 0.2) is 30.6 Å². The van der Waals surface area contributed by atoms with Crippen LogP contribution in [0.5, 0.6) is 11.5 Å². The van der Waals surface area contributed by atoms with E-state index in [1.54, 1.807) is 14.2 Å². The maximum absolute atomic E-state index is 5.60. The Morgan fingerprint density at radius 1 is 1.20 bits per heavy atom. The van der Waals surface area contributed by atoms with Crippen LogP contribution in [0.3, 0.4) is 0 Å². The molecule has 1 aliphatic rings. The Morgan fingerprint density at radius 3 is 2.76 bits per heavy atom. The summed E-state index contributed by atoms with van der Waals surface area (Å²) in [5, 5.41) is 7.58. The van der Waals surface area contributed by atoms with E-state index in [1.807, 2.05) is 25.4 Å². The van der Waals surface area contributed by atoms with Gasteiger partial charge >= 0.3 is 0 Å². The molecule has 3 aromatic rings. The van der Waals surface area contributed by atoms with E-state index in [1.165, 1.54) is 18.5 Å². The molecule has 1 N–H and O–H groups in total. The average Bonchev–Trinajstić information content (AvgIpc) is 3.19. The van der Waals surface area contributed by atoms with Gasteiger partial charge in [-0.1, -0.05) is 0 Å². The lowest BCUT2D eigenvalue weighted by Crippen LogP contribution is -2.03. The second kappa shape index (κ2) is 6.27. The van der Waals surface area contributed by atoms with E-state index in [2.05, 4.69) is 31.9 Å². The summed E-state index contributed by atoms with van der Waals surface area (Å²) in [5.74, 6) is 2.91. The number of nitrogens with zero attached hydrogens (tertiary/aromatic N) is 3. The van der Waals surface area contributed by atoms with Crippen molar-refractivity contribution in [2.24, 2.45) is 0 Å². The van der Waals surface area contributed by atoms with Gasteiger partial charge in [-0.3, -0.25) is 5.10 Å². The van der Waals surface area contributed by atoms with Crippen molar-refractivity contribution in [1.82, 2.24) is 19.7 Å². The number of ether oxygens (including phenoxy) is 2. The molecule has 6 heteroatoms. The summed E-state index contributed by atoms with van der Waals surface area (Å²) in [6.07, 6.45) is 6.28. The monoisotopic (exact) mass is 338 g/mol. The Bertz CT molecular complexity index is 893. The summed E-state index contributed by atoms with van der Waals surface area (Å²) < 4.78 is 13.2. The van der Waals surface area contributed by atoms with Crippen molar-refractivity contribution in [3.63, 3.8) is 0 Å². The lowest BCUT2D eigenvalue weighted by Gasteiger charge is -2.15. The van der Waals surface area contributed by atoms with E-state index in [4.69, 9.17) is 9.47 Å². The van der Waals surface area contributed by atoms with E-state index in [0.29, 0.717) is 24.0 Å². The zero-order valence-corrected chi connectivity index (χ0v) is 14.7. The molecule has 1 aliphatic carbocycles. The van der Waals surface area contributed by atoms with Crippen LogP contribution in [0.4, 0.5) is 0 Å². The Morgan fingerprint density at radius 2 is 2.04 bits per heavy atom. The molecule has 130 valence electrons. The first-order valence-electron chi connectivity index (χ1n) is 8.48. The number of aromatic nitrogens is 4. The molecule has 2 heterocycles. The summed E-state index contributed by atoms with van der Waals surface area (Å²) in [4.78, 5) is 4.56. The van der Waals surface area contributed by atoms with Gasteiger partial charge in [-0.05, 0) is 43.5 Å². The number of rotatable bonds is 6. The van der Waals surface area contributed by atoms with Gasteiger partial charge in [0.05, 0.1) is 37.7 Å². The second-order valence-electron chi connectivity index (χ2n) is 6.52. The smallest absolute Gasteiger partial charge is 0.171 e. The van der Waals surface area contributed by atoms with Crippen molar-refractivity contribution in [1.29, 1.82) is 0 Å². The molecular weight excluding hydrogens is 316 g/mol. The molecule has 0 amide bonds. The van der Waals surface area contributed by atoms with Crippen LogP contribution in [0, 0.1) is 6.92 Å². The summed E-state index contributed by atoms with van der Waals surface area (Å²) in [6.45, 7) is 2.73. The molecule has 4 rings (SSSR count). The fourth-order valence-corrected chi connectivity index (χ4v) is 3.18. The van der Waals surface area contributed by atoms with Crippen LogP contribution in [0.1, 0.15) is 35.7 Å². The summed E-state index contributed by atoms with van der Waals surface area (Å²) in [6, 6.07) is 6.20. The lowest BCUT2D eigenvalue weighted by atomic mass is 10.1. The van der Waals surface area contributed by atoms with Crippen molar-refractivity contribution < 1.29 is 9.47 Å². The molecule has 2 aromatic heterocycles. The highest BCUT2D eigenvalue weighted by Crippen LogP contribution is 2.40. The molecule has 0 atom stereocenters. The van der Waals surface area contributed by atoms with E-state index >= 15 is 0 Å². The Balaban J connectivity index is 1.70. The second-order valence-corrected chi connectivity index (χ2v) is 6.52. The Labute approximate surface area is 146 Å². The van der Waals surface area contributed by atoms with Gasteiger partial charge in [0.1, 0.15) is 5.82 Å². The minimum atomic E-state index is 0.647. The van der Waals surface area contributed by atoms with Crippen molar-refractivity contribution in [2.45, 2.75) is 32.2 Å². The number of H-pyrrole nitrogens is 1. The first-order valence-corrected chi connectivity index (χ1v) is 8.48. The molecule has 0 radical (unpaired) electrons. The fraction of sp³-hybridized carbons (Fsp3) is 0.368. The Kier molecular flexibility index (Phi) is 3.95. The number of nitrogens with one attached hydrogen (secondary N) is 1. The zero-order valence-electron chi connectivity index (χ0n) is 14.7. The molecule has 1 fully saturated rings. The van der Waals surface area contributed by atoms with Crippen LogP contribution in [0.2, 0.25) is 0 Å². The molecule has 0 aliphatic heterocycles. The van der Waals surface area contributed by atoms with Gasteiger partial charge in [0.15, 0.2) is 11.5 Å². The van der Waals surface area contributed by atoms with Gasteiger partial charge < -0.3 is 14.0 Å². The van der Waals surface area contributed by atoms with Crippen LogP contribution in [-0.4, -0.2) is 34.0 Å². The number of aromatic amines is 1. The van der Waals surface area contributed by atoms with Gasteiger partial charge in [-0.15, -0.1) is 0 Å². The van der Waals surface area contributed by atoms with E-state index in [0.717, 1.165) is 22.6 Å². The SMILES string of the molecule is COc1cc(C)cc(-c2nccn2Cc2cc(C3CC3)n[nH]2)c1OC. The Hall–Kier alpha value is -2.76. The van der Waals surface area contributed by atoms with Crippen LogP contribution >= 0.6 is 0 Å². The van der Waals surface area contributed by atoms with Gasteiger partial charge in [-0.2, -0.15) is 5.10 Å². The minimum absolute atomic E-state index is 0.647. The molecule has 0 unspecified atom stereocenters. The van der Waals surface area contributed by atoms with Gasteiger partial charge in [0.25, 0.3) is 0 Å².